The minimum absolute atomic E-state index is 0.145. The van der Waals surface area contributed by atoms with Crippen molar-refractivity contribution >= 4 is 23.6 Å². The maximum atomic E-state index is 13.2. The summed E-state index contributed by atoms with van der Waals surface area (Å²) in [5.74, 6) is 0. The Balaban J connectivity index is 1.49. The molecular weight excluding hydrogens is 410 g/mol. The molecule has 9 heteroatoms. The zero-order valence-electron chi connectivity index (χ0n) is 18.5. The van der Waals surface area contributed by atoms with Gasteiger partial charge in [-0.05, 0) is 56.8 Å². The molecule has 0 bridgehead atoms. The van der Waals surface area contributed by atoms with Crippen molar-refractivity contribution in [1.82, 2.24) is 15.1 Å². The number of hydrogen-bond acceptors (Lipinski definition) is 6. The van der Waals surface area contributed by atoms with Crippen LogP contribution in [-0.4, -0.2) is 60.9 Å². The van der Waals surface area contributed by atoms with Gasteiger partial charge >= 0.3 is 12.2 Å². The number of piperidine rings is 1. The van der Waals surface area contributed by atoms with Gasteiger partial charge in [0.15, 0.2) is 0 Å². The van der Waals surface area contributed by atoms with Crippen LogP contribution in [0.15, 0.2) is 30.6 Å². The second kappa shape index (κ2) is 8.46. The number of aromatic nitrogens is 2. The lowest BCUT2D eigenvalue weighted by Gasteiger charge is -2.40. The highest BCUT2D eigenvalue weighted by molar-refractivity contribution is 6.01. The predicted molar refractivity (Wildman–Crippen MR) is 120 cm³/mol. The molecule has 1 aromatic carbocycles. The van der Waals surface area contributed by atoms with Crippen LogP contribution in [0.1, 0.15) is 38.6 Å². The van der Waals surface area contributed by atoms with Gasteiger partial charge in [0, 0.05) is 18.3 Å². The Bertz CT molecular complexity index is 1010. The Kier molecular flexibility index (Phi) is 5.50. The average Bonchev–Trinajstić information content (AvgIpc) is 3.55. The first-order valence-electron chi connectivity index (χ1n) is 11.3. The van der Waals surface area contributed by atoms with Crippen molar-refractivity contribution in [3.63, 3.8) is 0 Å². The van der Waals surface area contributed by atoms with Crippen molar-refractivity contribution in [2.75, 3.05) is 36.5 Å². The number of benzene rings is 1. The van der Waals surface area contributed by atoms with Crippen molar-refractivity contribution < 1.29 is 19.1 Å². The predicted octanol–water partition coefficient (Wildman–Crippen LogP) is 3.55. The largest absolute Gasteiger partial charge is 0.452 e. The molecule has 1 saturated carbocycles. The number of carbonyl (C=O) groups is 2. The third kappa shape index (κ3) is 3.92. The molecule has 1 aliphatic carbocycles. The second-order valence-corrected chi connectivity index (χ2v) is 8.80. The number of ether oxygens (including phenoxy) is 2. The first-order chi connectivity index (χ1) is 15.5. The van der Waals surface area contributed by atoms with E-state index in [9.17, 15) is 9.59 Å². The van der Waals surface area contributed by atoms with Crippen molar-refractivity contribution in [3.05, 3.63) is 30.6 Å². The molecule has 1 saturated heterocycles. The summed E-state index contributed by atoms with van der Waals surface area (Å²) in [7, 11) is 1.37. The van der Waals surface area contributed by atoms with E-state index in [1.165, 1.54) is 7.11 Å². The molecule has 170 valence electrons. The van der Waals surface area contributed by atoms with E-state index in [-0.39, 0.29) is 18.2 Å². The van der Waals surface area contributed by atoms with E-state index in [4.69, 9.17) is 9.47 Å². The van der Waals surface area contributed by atoms with Crippen LogP contribution in [0.2, 0.25) is 0 Å². The summed E-state index contributed by atoms with van der Waals surface area (Å²) < 4.78 is 12.8. The molecular formula is C23H29N5O4. The normalized spacial score (nSPS) is 22.9. The lowest BCUT2D eigenvalue weighted by Crippen LogP contribution is -2.53. The highest BCUT2D eigenvalue weighted by Crippen LogP contribution is 2.40. The number of nitrogens with zero attached hydrogens (tertiary/aromatic N) is 4. The zero-order chi connectivity index (χ0) is 22.2. The summed E-state index contributed by atoms with van der Waals surface area (Å²) in [4.78, 5) is 29.0. The highest BCUT2D eigenvalue weighted by Gasteiger charge is 2.37. The fourth-order valence-corrected chi connectivity index (χ4v) is 4.51. The minimum Gasteiger partial charge on any atom is -0.452 e. The van der Waals surface area contributed by atoms with E-state index >= 15 is 0 Å². The van der Waals surface area contributed by atoms with E-state index in [1.807, 2.05) is 42.2 Å². The number of amides is 2. The maximum absolute atomic E-state index is 13.2. The van der Waals surface area contributed by atoms with Gasteiger partial charge < -0.3 is 14.8 Å². The highest BCUT2D eigenvalue weighted by atomic mass is 16.6. The van der Waals surface area contributed by atoms with E-state index in [0.29, 0.717) is 30.5 Å². The van der Waals surface area contributed by atoms with Crippen LogP contribution in [0.5, 0.6) is 0 Å². The number of fused-ring (bicyclic) bond motifs is 1. The first-order valence-corrected chi connectivity index (χ1v) is 11.3. The standard InChI is InChI=1S/C23H29N5O4/c1-15-13-26(22(29)32-19-4-3-9-24-12-19)21-10-16(5-8-20(21)28(15)23(30)31-2)17-11-25-27(14-17)18-6-7-18/h5,8,10-11,14-15,18-19,24H,3-4,6-7,9,12-13H2,1-2H3/t15-,19?/m0/s1. The number of carbonyl (C=O) groups excluding carboxylic acids is 2. The smallest absolute Gasteiger partial charge is 0.414 e. The maximum Gasteiger partial charge on any atom is 0.414 e. The molecule has 2 aromatic rings. The molecule has 32 heavy (non-hydrogen) atoms. The molecule has 0 spiro atoms. The van der Waals surface area contributed by atoms with E-state index in [2.05, 4.69) is 10.4 Å². The fourth-order valence-electron chi connectivity index (χ4n) is 4.51. The Morgan fingerprint density at radius 3 is 2.69 bits per heavy atom. The molecule has 0 radical (unpaired) electrons. The number of methoxy groups -OCH3 is 1. The van der Waals surface area contributed by atoms with Gasteiger partial charge in [-0.1, -0.05) is 6.07 Å². The summed E-state index contributed by atoms with van der Waals surface area (Å²) in [5, 5.41) is 7.76. The quantitative estimate of drug-likeness (QED) is 0.787. The van der Waals surface area contributed by atoms with Crippen molar-refractivity contribution in [1.29, 1.82) is 0 Å². The molecule has 3 aliphatic rings. The molecule has 2 fully saturated rings. The Morgan fingerprint density at radius 1 is 1.12 bits per heavy atom. The monoisotopic (exact) mass is 439 g/mol. The molecule has 2 atom stereocenters. The van der Waals surface area contributed by atoms with Gasteiger partial charge in [-0.3, -0.25) is 14.5 Å². The topological polar surface area (TPSA) is 88.9 Å². The summed E-state index contributed by atoms with van der Waals surface area (Å²) in [5.41, 5.74) is 3.19. The van der Waals surface area contributed by atoms with Gasteiger partial charge in [-0.2, -0.15) is 5.10 Å². The Morgan fingerprint density at radius 2 is 1.97 bits per heavy atom. The zero-order valence-corrected chi connectivity index (χ0v) is 18.5. The SMILES string of the molecule is COC(=O)N1c2ccc(-c3cnn(C4CC4)c3)cc2N(C(=O)OC2CCCNC2)C[C@@H]1C. The van der Waals surface area contributed by atoms with Crippen LogP contribution in [0.4, 0.5) is 21.0 Å². The van der Waals surface area contributed by atoms with Gasteiger partial charge in [0.25, 0.3) is 0 Å². The lowest BCUT2D eigenvalue weighted by molar-refractivity contribution is 0.0876. The Hall–Kier alpha value is -3.07. The molecule has 5 rings (SSSR count). The molecule has 2 amide bonds. The van der Waals surface area contributed by atoms with Gasteiger partial charge in [-0.25, -0.2) is 9.59 Å². The lowest BCUT2D eigenvalue weighted by atomic mass is 10.0. The Labute approximate surface area is 187 Å². The number of anilines is 2. The van der Waals surface area contributed by atoms with Gasteiger partial charge in [-0.15, -0.1) is 0 Å². The van der Waals surface area contributed by atoms with E-state index in [0.717, 1.165) is 43.4 Å². The first kappa shape index (κ1) is 20.8. The number of hydrogen-bond donors (Lipinski definition) is 1. The third-order valence-corrected chi connectivity index (χ3v) is 6.38. The third-order valence-electron chi connectivity index (χ3n) is 6.38. The summed E-state index contributed by atoms with van der Waals surface area (Å²) >= 11 is 0. The van der Waals surface area contributed by atoms with Gasteiger partial charge in [0.1, 0.15) is 6.10 Å². The van der Waals surface area contributed by atoms with Crippen LogP contribution >= 0.6 is 0 Å². The van der Waals surface area contributed by atoms with E-state index < -0.39 is 6.09 Å². The van der Waals surface area contributed by atoms with Crippen molar-refractivity contribution in [3.8, 4) is 11.1 Å². The number of rotatable bonds is 3. The molecule has 9 nitrogen and oxygen atoms in total. The minimum atomic E-state index is -0.447. The van der Waals surface area contributed by atoms with Crippen LogP contribution in [-0.2, 0) is 9.47 Å². The van der Waals surface area contributed by atoms with Crippen LogP contribution in [0, 0.1) is 0 Å². The summed E-state index contributed by atoms with van der Waals surface area (Å²) in [6.07, 6.45) is 7.06. The molecule has 2 aliphatic heterocycles. The van der Waals surface area contributed by atoms with Crippen LogP contribution in [0.25, 0.3) is 11.1 Å². The molecule has 1 N–H and O–H groups in total. The summed E-state index contributed by atoms with van der Waals surface area (Å²) in [6.45, 7) is 3.84. The van der Waals surface area contributed by atoms with Gasteiger partial charge in [0.05, 0.1) is 43.3 Å². The van der Waals surface area contributed by atoms with E-state index in [1.54, 1.807) is 9.80 Å². The van der Waals surface area contributed by atoms with Gasteiger partial charge in [0.2, 0.25) is 0 Å². The average molecular weight is 440 g/mol. The number of nitrogens with one attached hydrogen (secondary N) is 1. The van der Waals surface area contributed by atoms with Crippen molar-refractivity contribution in [2.24, 2.45) is 0 Å². The molecule has 1 aromatic heterocycles. The summed E-state index contributed by atoms with van der Waals surface area (Å²) in [6, 6.07) is 6.00. The van der Waals surface area contributed by atoms with Crippen LogP contribution in [0.3, 0.4) is 0 Å². The molecule has 3 heterocycles. The van der Waals surface area contributed by atoms with Crippen LogP contribution < -0.4 is 15.1 Å². The molecule has 1 unspecified atom stereocenters. The second-order valence-electron chi connectivity index (χ2n) is 8.80. The fraction of sp³-hybridized carbons (Fsp3) is 0.522. The van der Waals surface area contributed by atoms with Crippen molar-refractivity contribution in [2.45, 2.75) is 50.8 Å².